The van der Waals surface area contributed by atoms with Crippen LogP contribution in [0.15, 0.2) is 36.4 Å². The van der Waals surface area contributed by atoms with E-state index in [9.17, 15) is 4.79 Å². The molecule has 6 heteroatoms. The van der Waals surface area contributed by atoms with Crippen molar-refractivity contribution in [3.8, 4) is 11.5 Å². The van der Waals surface area contributed by atoms with Gasteiger partial charge in [0.15, 0.2) is 0 Å². The van der Waals surface area contributed by atoms with Crippen LogP contribution in [0.4, 0.5) is 0 Å². The second kappa shape index (κ2) is 9.35. The van der Waals surface area contributed by atoms with Crippen molar-refractivity contribution in [3.05, 3.63) is 58.7 Å². The number of methoxy groups -OCH3 is 2. The standard InChI is InChI=1S/C27H35N3O3/c1-17(18-8-5-4-6-9-18)29-27(31)21-14-24(32-2)20-11-13-30-16-19-10-7-12-28-22(19)15-23(30)25(20)26(21)33-3/h4-6,8-9,14,17,19,22-23,28H,7,10-13,15-16H2,1-3H3,(H,29,31)/t17-,19-,22+,23-/m1/s1. The molecular formula is C27H35N3O3. The van der Waals surface area contributed by atoms with Gasteiger partial charge in [-0.3, -0.25) is 9.69 Å². The highest BCUT2D eigenvalue weighted by atomic mass is 16.5. The molecule has 0 bridgehead atoms. The normalized spacial score (nSPS) is 25.2. The lowest BCUT2D eigenvalue weighted by atomic mass is 9.76. The third-order valence-electron chi connectivity index (χ3n) is 7.80. The number of ether oxygens (including phenoxy) is 2. The van der Waals surface area contributed by atoms with Gasteiger partial charge in [0.05, 0.1) is 25.8 Å². The number of carbonyl (C=O) groups excluding carboxylic acids is 1. The molecule has 0 radical (unpaired) electrons. The second-order valence-electron chi connectivity index (χ2n) is 9.62. The van der Waals surface area contributed by atoms with E-state index in [2.05, 4.69) is 15.5 Å². The number of nitrogens with zero attached hydrogens (tertiary/aromatic N) is 1. The number of fused-ring (bicyclic) bond motifs is 4. The van der Waals surface area contributed by atoms with Crippen LogP contribution in [-0.2, 0) is 6.42 Å². The topological polar surface area (TPSA) is 62.8 Å². The van der Waals surface area contributed by atoms with Gasteiger partial charge in [-0.2, -0.15) is 0 Å². The molecular weight excluding hydrogens is 414 g/mol. The molecule has 3 aliphatic heterocycles. The van der Waals surface area contributed by atoms with Crippen LogP contribution in [0, 0.1) is 5.92 Å². The molecule has 0 spiro atoms. The van der Waals surface area contributed by atoms with E-state index in [0.717, 1.165) is 49.4 Å². The van der Waals surface area contributed by atoms with Crippen molar-refractivity contribution in [3.63, 3.8) is 0 Å². The summed E-state index contributed by atoms with van der Waals surface area (Å²) in [7, 11) is 3.38. The molecule has 3 heterocycles. The molecule has 2 fully saturated rings. The fourth-order valence-corrected chi connectivity index (χ4v) is 6.11. The highest BCUT2D eigenvalue weighted by Gasteiger charge is 2.42. The molecule has 2 aromatic rings. The number of nitrogens with one attached hydrogen (secondary N) is 2. The Labute approximate surface area is 196 Å². The highest BCUT2D eigenvalue weighted by Crippen LogP contribution is 2.48. The SMILES string of the molecule is COc1cc(C(=O)N[C@H](C)c2ccccc2)c(OC)c2c1CCN1C[C@H]3CCCN[C@H]3C[C@H]21. The first-order valence-electron chi connectivity index (χ1n) is 12.2. The smallest absolute Gasteiger partial charge is 0.255 e. The zero-order valence-corrected chi connectivity index (χ0v) is 19.9. The number of piperidine rings is 2. The maximum Gasteiger partial charge on any atom is 0.255 e. The van der Waals surface area contributed by atoms with E-state index in [1.807, 2.05) is 43.3 Å². The molecule has 3 aliphatic rings. The van der Waals surface area contributed by atoms with Gasteiger partial charge in [0.25, 0.3) is 5.91 Å². The zero-order chi connectivity index (χ0) is 22.9. The van der Waals surface area contributed by atoms with Crippen LogP contribution in [0.25, 0.3) is 0 Å². The van der Waals surface area contributed by atoms with E-state index in [1.165, 1.54) is 18.4 Å². The van der Waals surface area contributed by atoms with E-state index in [1.54, 1.807) is 14.2 Å². The monoisotopic (exact) mass is 449 g/mol. The van der Waals surface area contributed by atoms with Gasteiger partial charge in [-0.25, -0.2) is 0 Å². The molecule has 1 amide bonds. The summed E-state index contributed by atoms with van der Waals surface area (Å²) in [5.74, 6) is 2.07. The lowest BCUT2D eigenvalue weighted by molar-refractivity contribution is 0.0532. The van der Waals surface area contributed by atoms with Crippen LogP contribution in [0.5, 0.6) is 11.5 Å². The van der Waals surface area contributed by atoms with Gasteiger partial charge >= 0.3 is 0 Å². The number of benzene rings is 2. The lowest BCUT2D eigenvalue weighted by Gasteiger charge is -2.49. The molecule has 0 saturated carbocycles. The Bertz CT molecular complexity index is 1010. The molecule has 2 saturated heterocycles. The largest absolute Gasteiger partial charge is 0.496 e. The van der Waals surface area contributed by atoms with Gasteiger partial charge in [-0.05, 0) is 56.7 Å². The molecule has 176 valence electrons. The van der Waals surface area contributed by atoms with Crippen molar-refractivity contribution >= 4 is 5.91 Å². The first-order valence-corrected chi connectivity index (χ1v) is 12.2. The fourth-order valence-electron chi connectivity index (χ4n) is 6.11. The predicted molar refractivity (Wildman–Crippen MR) is 129 cm³/mol. The quantitative estimate of drug-likeness (QED) is 0.726. The summed E-state index contributed by atoms with van der Waals surface area (Å²) < 4.78 is 11.8. The highest BCUT2D eigenvalue weighted by molar-refractivity contribution is 5.98. The summed E-state index contributed by atoms with van der Waals surface area (Å²) in [6, 6.07) is 12.5. The van der Waals surface area contributed by atoms with Crippen LogP contribution in [0.3, 0.4) is 0 Å². The van der Waals surface area contributed by atoms with Crippen LogP contribution < -0.4 is 20.1 Å². The molecule has 0 aromatic heterocycles. The number of rotatable bonds is 5. The van der Waals surface area contributed by atoms with Crippen LogP contribution in [-0.4, -0.2) is 50.7 Å². The van der Waals surface area contributed by atoms with Crippen LogP contribution >= 0.6 is 0 Å². The Balaban J connectivity index is 1.51. The number of carbonyl (C=O) groups is 1. The summed E-state index contributed by atoms with van der Waals surface area (Å²) >= 11 is 0. The summed E-state index contributed by atoms with van der Waals surface area (Å²) in [5.41, 5.74) is 3.96. The summed E-state index contributed by atoms with van der Waals surface area (Å²) in [6.45, 7) is 5.24. The van der Waals surface area contributed by atoms with E-state index < -0.39 is 0 Å². The molecule has 2 aromatic carbocycles. The van der Waals surface area contributed by atoms with Gasteiger partial charge in [0, 0.05) is 36.3 Å². The number of amides is 1. The van der Waals surface area contributed by atoms with Crippen LogP contribution in [0.2, 0.25) is 0 Å². The average Bonchev–Trinajstić information content (AvgIpc) is 2.86. The molecule has 6 nitrogen and oxygen atoms in total. The lowest BCUT2D eigenvalue weighted by Crippen LogP contribution is -2.54. The average molecular weight is 450 g/mol. The minimum atomic E-state index is -0.133. The van der Waals surface area contributed by atoms with Crippen molar-refractivity contribution in [2.45, 2.75) is 50.7 Å². The Morgan fingerprint density at radius 2 is 2.03 bits per heavy atom. The van der Waals surface area contributed by atoms with Crippen molar-refractivity contribution < 1.29 is 14.3 Å². The van der Waals surface area contributed by atoms with E-state index >= 15 is 0 Å². The van der Waals surface area contributed by atoms with Gasteiger partial charge in [-0.15, -0.1) is 0 Å². The first-order chi connectivity index (χ1) is 16.1. The minimum absolute atomic E-state index is 0.108. The van der Waals surface area contributed by atoms with Crippen molar-refractivity contribution in [2.75, 3.05) is 33.9 Å². The molecule has 0 unspecified atom stereocenters. The van der Waals surface area contributed by atoms with Gasteiger partial charge in [0.1, 0.15) is 11.5 Å². The van der Waals surface area contributed by atoms with Gasteiger partial charge in [-0.1, -0.05) is 30.3 Å². The Hall–Kier alpha value is -2.57. The Morgan fingerprint density at radius 3 is 2.79 bits per heavy atom. The summed E-state index contributed by atoms with van der Waals surface area (Å²) in [5, 5.41) is 6.92. The summed E-state index contributed by atoms with van der Waals surface area (Å²) in [6.07, 6.45) is 4.52. The molecule has 33 heavy (non-hydrogen) atoms. The van der Waals surface area contributed by atoms with Crippen molar-refractivity contribution in [2.24, 2.45) is 5.92 Å². The van der Waals surface area contributed by atoms with E-state index in [-0.39, 0.29) is 18.0 Å². The second-order valence-corrected chi connectivity index (χ2v) is 9.62. The molecule has 0 aliphatic carbocycles. The van der Waals surface area contributed by atoms with E-state index in [4.69, 9.17) is 9.47 Å². The van der Waals surface area contributed by atoms with E-state index in [0.29, 0.717) is 23.3 Å². The molecule has 4 atom stereocenters. The Kier molecular flexibility index (Phi) is 6.30. The van der Waals surface area contributed by atoms with Gasteiger partial charge in [0.2, 0.25) is 0 Å². The maximum absolute atomic E-state index is 13.5. The first kappa shape index (κ1) is 22.2. The number of hydrogen-bond donors (Lipinski definition) is 2. The zero-order valence-electron chi connectivity index (χ0n) is 19.9. The molecule has 2 N–H and O–H groups in total. The predicted octanol–water partition coefficient (Wildman–Crippen LogP) is 3.87. The fraction of sp³-hybridized carbons (Fsp3) is 0.519. The summed E-state index contributed by atoms with van der Waals surface area (Å²) in [4.78, 5) is 16.1. The van der Waals surface area contributed by atoms with Crippen molar-refractivity contribution in [1.82, 2.24) is 15.5 Å². The van der Waals surface area contributed by atoms with Crippen molar-refractivity contribution in [1.29, 1.82) is 0 Å². The molecule has 5 rings (SSSR count). The maximum atomic E-state index is 13.5. The third kappa shape index (κ3) is 4.11. The van der Waals surface area contributed by atoms with Gasteiger partial charge < -0.3 is 20.1 Å². The van der Waals surface area contributed by atoms with Crippen LogP contribution in [0.1, 0.15) is 65.3 Å². The third-order valence-corrected chi connectivity index (χ3v) is 7.80. The Morgan fingerprint density at radius 1 is 1.21 bits per heavy atom. The minimum Gasteiger partial charge on any atom is -0.496 e. The number of hydrogen-bond acceptors (Lipinski definition) is 5.